The third-order valence-electron chi connectivity index (χ3n) is 3.91. The van der Waals surface area contributed by atoms with E-state index in [9.17, 15) is 23.6 Å². The highest BCUT2D eigenvalue weighted by Gasteiger charge is 2.50. The summed E-state index contributed by atoms with van der Waals surface area (Å²) in [5, 5.41) is 6.93. The smallest absolute Gasteiger partial charge is 0.325 e. The molecule has 3 N–H and O–H groups in total. The number of rotatable bonds is 5. The maximum atomic E-state index is 14.0. The summed E-state index contributed by atoms with van der Waals surface area (Å²) in [6.07, 6.45) is 0. The normalized spacial score (nSPS) is 19.5. The fraction of sp³-hybridized carbons (Fsp3) is 0.412. The van der Waals surface area contributed by atoms with E-state index in [1.807, 2.05) is 19.2 Å². The van der Waals surface area contributed by atoms with Crippen LogP contribution in [-0.4, -0.2) is 41.9 Å². The summed E-state index contributed by atoms with van der Waals surface area (Å²) >= 11 is 0. The SMILES string of the molecule is CC(C)CNC(=O)NC(=O)CN1C(=O)N[C@@](C)(c2ccccc2F)C1=O. The lowest BCUT2D eigenvalue weighted by Crippen LogP contribution is -2.47. The Kier molecular flexibility index (Phi) is 5.59. The van der Waals surface area contributed by atoms with E-state index in [1.54, 1.807) is 0 Å². The first-order chi connectivity index (χ1) is 12.1. The maximum Gasteiger partial charge on any atom is 0.325 e. The molecule has 0 unspecified atom stereocenters. The molecule has 1 saturated heterocycles. The van der Waals surface area contributed by atoms with E-state index in [0.29, 0.717) is 11.4 Å². The monoisotopic (exact) mass is 364 g/mol. The van der Waals surface area contributed by atoms with Gasteiger partial charge in [0.2, 0.25) is 5.91 Å². The van der Waals surface area contributed by atoms with Crippen molar-refractivity contribution in [2.45, 2.75) is 26.3 Å². The Balaban J connectivity index is 2.06. The predicted octanol–water partition coefficient (Wildman–Crippen LogP) is 1.07. The van der Waals surface area contributed by atoms with Gasteiger partial charge >= 0.3 is 12.1 Å². The van der Waals surface area contributed by atoms with Crippen molar-refractivity contribution in [3.05, 3.63) is 35.6 Å². The quantitative estimate of drug-likeness (QED) is 0.679. The van der Waals surface area contributed by atoms with Crippen LogP contribution in [0.2, 0.25) is 0 Å². The molecule has 0 bridgehead atoms. The minimum atomic E-state index is -1.62. The Bertz CT molecular complexity index is 752. The summed E-state index contributed by atoms with van der Waals surface area (Å²) in [4.78, 5) is 48.9. The zero-order chi connectivity index (χ0) is 19.5. The van der Waals surface area contributed by atoms with Gasteiger partial charge in [-0.05, 0) is 18.9 Å². The van der Waals surface area contributed by atoms with E-state index in [4.69, 9.17) is 0 Å². The molecule has 26 heavy (non-hydrogen) atoms. The Labute approximate surface area is 150 Å². The summed E-state index contributed by atoms with van der Waals surface area (Å²) in [6.45, 7) is 4.86. The number of hydrogen-bond acceptors (Lipinski definition) is 4. The molecule has 1 aliphatic heterocycles. The minimum absolute atomic E-state index is 0.00376. The van der Waals surface area contributed by atoms with Gasteiger partial charge in [-0.2, -0.15) is 0 Å². The lowest BCUT2D eigenvalue weighted by atomic mass is 9.91. The third kappa shape index (κ3) is 3.98. The minimum Gasteiger partial charge on any atom is -0.338 e. The van der Waals surface area contributed by atoms with Crippen LogP contribution in [0.1, 0.15) is 26.3 Å². The molecular formula is C17H21FN4O4. The van der Waals surface area contributed by atoms with E-state index >= 15 is 0 Å². The molecule has 2 rings (SSSR count). The molecule has 1 heterocycles. The molecule has 0 spiro atoms. The van der Waals surface area contributed by atoms with E-state index < -0.39 is 41.8 Å². The van der Waals surface area contributed by atoms with Gasteiger partial charge < -0.3 is 10.6 Å². The number of nitrogens with zero attached hydrogens (tertiary/aromatic N) is 1. The molecule has 6 amide bonds. The van der Waals surface area contributed by atoms with Crippen molar-refractivity contribution < 1.29 is 23.6 Å². The van der Waals surface area contributed by atoms with Crippen molar-refractivity contribution in [2.24, 2.45) is 5.92 Å². The average molecular weight is 364 g/mol. The number of amides is 6. The Morgan fingerprint density at radius 1 is 1.27 bits per heavy atom. The summed E-state index contributed by atoms with van der Waals surface area (Å²) in [6, 6.07) is 4.01. The standard InChI is InChI=1S/C17H21FN4O4/c1-10(2)8-19-15(25)20-13(23)9-22-14(24)17(3,21-16(22)26)11-6-4-5-7-12(11)18/h4-7,10H,8-9H2,1-3H3,(H,21,26)(H2,19,20,23,25)/t17-/m0/s1. The van der Waals surface area contributed by atoms with E-state index in [0.717, 1.165) is 0 Å². The van der Waals surface area contributed by atoms with Gasteiger partial charge in [0.25, 0.3) is 5.91 Å². The van der Waals surface area contributed by atoms with Crippen molar-refractivity contribution in [2.75, 3.05) is 13.1 Å². The van der Waals surface area contributed by atoms with Crippen molar-refractivity contribution >= 4 is 23.9 Å². The Morgan fingerprint density at radius 2 is 1.92 bits per heavy atom. The number of nitrogens with one attached hydrogen (secondary N) is 3. The van der Waals surface area contributed by atoms with Crippen LogP contribution < -0.4 is 16.0 Å². The summed E-state index contributed by atoms with van der Waals surface area (Å²) in [7, 11) is 0. The zero-order valence-electron chi connectivity index (χ0n) is 14.8. The van der Waals surface area contributed by atoms with Gasteiger partial charge in [0.15, 0.2) is 0 Å². The second-order valence-corrected chi connectivity index (χ2v) is 6.58. The fourth-order valence-electron chi connectivity index (χ4n) is 2.54. The number of halogens is 1. The zero-order valence-corrected chi connectivity index (χ0v) is 14.8. The highest BCUT2D eigenvalue weighted by Crippen LogP contribution is 2.30. The molecule has 1 atom stereocenters. The van der Waals surface area contributed by atoms with E-state index in [2.05, 4.69) is 10.6 Å². The van der Waals surface area contributed by atoms with Gasteiger partial charge in [-0.25, -0.2) is 14.0 Å². The lowest BCUT2D eigenvalue weighted by molar-refractivity contribution is -0.134. The van der Waals surface area contributed by atoms with Crippen molar-refractivity contribution in [1.82, 2.24) is 20.9 Å². The van der Waals surface area contributed by atoms with Crippen LogP contribution in [0.4, 0.5) is 14.0 Å². The van der Waals surface area contributed by atoms with Crippen LogP contribution >= 0.6 is 0 Å². The third-order valence-corrected chi connectivity index (χ3v) is 3.91. The molecule has 0 saturated carbocycles. The first-order valence-corrected chi connectivity index (χ1v) is 8.12. The highest BCUT2D eigenvalue weighted by atomic mass is 19.1. The first-order valence-electron chi connectivity index (χ1n) is 8.12. The Morgan fingerprint density at radius 3 is 2.54 bits per heavy atom. The van der Waals surface area contributed by atoms with Crippen LogP contribution in [0.15, 0.2) is 24.3 Å². The van der Waals surface area contributed by atoms with Gasteiger partial charge in [0, 0.05) is 12.1 Å². The molecule has 1 fully saturated rings. The lowest BCUT2D eigenvalue weighted by Gasteiger charge is -2.22. The molecule has 140 valence electrons. The molecule has 1 aromatic carbocycles. The van der Waals surface area contributed by atoms with Crippen LogP contribution in [0, 0.1) is 11.7 Å². The van der Waals surface area contributed by atoms with Gasteiger partial charge in [-0.15, -0.1) is 0 Å². The predicted molar refractivity (Wildman–Crippen MR) is 90.4 cm³/mol. The van der Waals surface area contributed by atoms with Crippen LogP contribution in [0.25, 0.3) is 0 Å². The molecular weight excluding hydrogens is 343 g/mol. The van der Waals surface area contributed by atoms with Gasteiger partial charge in [-0.3, -0.25) is 19.8 Å². The Hall–Kier alpha value is -2.97. The molecule has 0 aliphatic carbocycles. The van der Waals surface area contributed by atoms with Gasteiger partial charge in [0.05, 0.1) is 0 Å². The summed E-state index contributed by atoms with van der Waals surface area (Å²) in [5.74, 6) is -2.05. The second-order valence-electron chi connectivity index (χ2n) is 6.58. The topological polar surface area (TPSA) is 108 Å². The molecule has 8 nitrogen and oxygen atoms in total. The van der Waals surface area contributed by atoms with Gasteiger partial charge in [0.1, 0.15) is 17.9 Å². The largest absolute Gasteiger partial charge is 0.338 e. The molecule has 1 aromatic rings. The van der Waals surface area contributed by atoms with Crippen molar-refractivity contribution in [3.8, 4) is 0 Å². The van der Waals surface area contributed by atoms with Crippen LogP contribution in [0.5, 0.6) is 0 Å². The van der Waals surface area contributed by atoms with Crippen molar-refractivity contribution in [1.29, 1.82) is 0 Å². The fourth-order valence-corrected chi connectivity index (χ4v) is 2.54. The van der Waals surface area contributed by atoms with Crippen LogP contribution in [0.3, 0.4) is 0 Å². The number of imide groups is 2. The van der Waals surface area contributed by atoms with E-state index in [1.165, 1.54) is 31.2 Å². The maximum absolute atomic E-state index is 14.0. The van der Waals surface area contributed by atoms with Gasteiger partial charge in [-0.1, -0.05) is 32.0 Å². The van der Waals surface area contributed by atoms with Crippen LogP contribution in [-0.2, 0) is 15.1 Å². The molecule has 9 heteroatoms. The first kappa shape index (κ1) is 19.4. The molecule has 1 aliphatic rings. The number of carbonyl (C=O) groups excluding carboxylic acids is 4. The number of hydrogen-bond donors (Lipinski definition) is 3. The second kappa shape index (κ2) is 7.51. The number of urea groups is 2. The molecule has 0 aromatic heterocycles. The number of benzene rings is 1. The van der Waals surface area contributed by atoms with Crippen molar-refractivity contribution in [3.63, 3.8) is 0 Å². The van der Waals surface area contributed by atoms with E-state index in [-0.39, 0.29) is 11.5 Å². The summed E-state index contributed by atoms with van der Waals surface area (Å²) < 4.78 is 14.0. The molecule has 0 radical (unpaired) electrons. The average Bonchev–Trinajstić information content (AvgIpc) is 2.77. The number of carbonyl (C=O) groups is 4. The highest BCUT2D eigenvalue weighted by molar-refractivity contribution is 6.10. The summed E-state index contributed by atoms with van der Waals surface area (Å²) in [5.41, 5.74) is -1.63.